The molecule has 0 aromatic heterocycles. The molecule has 1 aliphatic rings. The van der Waals surface area contributed by atoms with Crippen molar-refractivity contribution in [1.82, 2.24) is 10.2 Å². The lowest BCUT2D eigenvalue weighted by Crippen LogP contribution is -2.36. The Morgan fingerprint density at radius 2 is 1.93 bits per heavy atom. The van der Waals surface area contributed by atoms with Gasteiger partial charge in [-0.15, -0.1) is 0 Å². The Labute approximate surface area is 174 Å². The molecule has 1 unspecified atom stereocenters. The van der Waals surface area contributed by atoms with Crippen LogP contribution in [-0.2, 0) is 22.2 Å². The lowest BCUT2D eigenvalue weighted by molar-refractivity contribution is -0.138. The molecule has 1 amide bonds. The zero-order valence-electron chi connectivity index (χ0n) is 17.8. The smallest absolute Gasteiger partial charge is 0.416 e. The Hall–Kier alpha value is -2.29. The van der Waals surface area contributed by atoms with Gasteiger partial charge in [-0.05, 0) is 64.3 Å². The Morgan fingerprint density at radius 1 is 1.23 bits per heavy atom. The van der Waals surface area contributed by atoms with Gasteiger partial charge in [0, 0.05) is 19.6 Å². The summed E-state index contributed by atoms with van der Waals surface area (Å²) in [6.45, 7) is 8.71. The number of hydrogen-bond donors (Lipinski definition) is 1. The van der Waals surface area contributed by atoms with Gasteiger partial charge in [-0.25, -0.2) is 9.59 Å². The van der Waals surface area contributed by atoms with Crippen LogP contribution < -0.4 is 5.32 Å². The van der Waals surface area contributed by atoms with Crippen LogP contribution in [0.1, 0.15) is 55.6 Å². The monoisotopic (exact) mass is 430 g/mol. The van der Waals surface area contributed by atoms with Gasteiger partial charge in [-0.3, -0.25) is 4.90 Å². The van der Waals surface area contributed by atoms with E-state index >= 15 is 0 Å². The van der Waals surface area contributed by atoms with E-state index < -0.39 is 29.4 Å². The summed E-state index contributed by atoms with van der Waals surface area (Å²) >= 11 is 0. The van der Waals surface area contributed by atoms with Crippen LogP contribution in [0.2, 0.25) is 0 Å². The van der Waals surface area contributed by atoms with Crippen LogP contribution in [0.5, 0.6) is 0 Å². The molecule has 1 atom stereocenters. The molecule has 6 nitrogen and oxygen atoms in total. The number of benzene rings is 1. The summed E-state index contributed by atoms with van der Waals surface area (Å²) in [6.07, 6.45) is -4.32. The third-order valence-electron chi connectivity index (χ3n) is 4.62. The minimum absolute atomic E-state index is 0.0917. The van der Waals surface area contributed by atoms with Crippen molar-refractivity contribution in [2.75, 3.05) is 26.2 Å². The van der Waals surface area contributed by atoms with E-state index in [4.69, 9.17) is 9.47 Å². The van der Waals surface area contributed by atoms with Gasteiger partial charge < -0.3 is 14.8 Å². The molecule has 1 aromatic rings. The molecule has 1 N–H and O–H groups in total. The van der Waals surface area contributed by atoms with Crippen LogP contribution in [0.3, 0.4) is 0 Å². The highest BCUT2D eigenvalue weighted by Gasteiger charge is 2.35. The highest BCUT2D eigenvalue weighted by molar-refractivity contribution is 5.89. The van der Waals surface area contributed by atoms with Crippen molar-refractivity contribution in [3.05, 3.63) is 34.9 Å². The number of alkyl carbamates (subject to hydrolysis) is 1. The molecule has 1 saturated heterocycles. The Balaban J connectivity index is 1.99. The fraction of sp³-hybridized carbons (Fsp3) is 0.619. The maximum Gasteiger partial charge on any atom is 0.416 e. The van der Waals surface area contributed by atoms with Gasteiger partial charge in [0.25, 0.3) is 0 Å². The number of likely N-dealkylation sites (tertiary alicyclic amines) is 1. The molecule has 0 aliphatic carbocycles. The molecule has 0 bridgehead atoms. The largest absolute Gasteiger partial charge is 0.462 e. The lowest BCUT2D eigenvalue weighted by atomic mass is 10.0. The van der Waals surface area contributed by atoms with E-state index in [0.717, 1.165) is 12.5 Å². The van der Waals surface area contributed by atoms with Crippen molar-refractivity contribution in [3.8, 4) is 0 Å². The number of ether oxygens (including phenoxy) is 2. The molecule has 9 heteroatoms. The Kier molecular flexibility index (Phi) is 7.74. The van der Waals surface area contributed by atoms with Gasteiger partial charge in [0.15, 0.2) is 0 Å². The number of carbonyl (C=O) groups excluding carboxylic acids is 2. The summed E-state index contributed by atoms with van der Waals surface area (Å²) in [7, 11) is 0. The van der Waals surface area contributed by atoms with Crippen LogP contribution in [0, 0.1) is 5.92 Å². The van der Waals surface area contributed by atoms with Crippen molar-refractivity contribution in [3.63, 3.8) is 0 Å². The number of nitrogens with zero attached hydrogens (tertiary/aromatic N) is 1. The van der Waals surface area contributed by atoms with Crippen LogP contribution in [0.15, 0.2) is 18.2 Å². The van der Waals surface area contributed by atoms with Gasteiger partial charge >= 0.3 is 18.2 Å². The van der Waals surface area contributed by atoms with Gasteiger partial charge in [0.05, 0.1) is 17.7 Å². The molecule has 1 heterocycles. The lowest BCUT2D eigenvalue weighted by Gasteiger charge is -2.21. The minimum Gasteiger partial charge on any atom is -0.462 e. The van der Waals surface area contributed by atoms with E-state index in [1.165, 1.54) is 12.1 Å². The minimum atomic E-state index is -4.57. The molecular formula is C21H29F3N2O4. The first-order valence-corrected chi connectivity index (χ1v) is 9.95. The third kappa shape index (κ3) is 7.19. The van der Waals surface area contributed by atoms with Crippen molar-refractivity contribution in [2.24, 2.45) is 5.92 Å². The highest BCUT2D eigenvalue weighted by Crippen LogP contribution is 2.34. The third-order valence-corrected chi connectivity index (χ3v) is 4.62. The molecule has 0 radical (unpaired) electrons. The summed E-state index contributed by atoms with van der Waals surface area (Å²) in [5.41, 5.74) is -1.43. The van der Waals surface area contributed by atoms with E-state index in [9.17, 15) is 22.8 Å². The molecule has 0 saturated carbocycles. The topological polar surface area (TPSA) is 67.9 Å². The summed E-state index contributed by atoms with van der Waals surface area (Å²) in [5, 5.41) is 2.71. The van der Waals surface area contributed by atoms with E-state index in [2.05, 4.69) is 5.32 Å². The van der Waals surface area contributed by atoms with Crippen LogP contribution in [0.4, 0.5) is 18.0 Å². The molecular weight excluding hydrogens is 401 g/mol. The zero-order chi connectivity index (χ0) is 22.5. The predicted molar refractivity (Wildman–Crippen MR) is 105 cm³/mol. The molecule has 0 spiro atoms. The van der Waals surface area contributed by atoms with E-state index in [0.29, 0.717) is 19.6 Å². The molecule has 1 aromatic carbocycles. The van der Waals surface area contributed by atoms with Gasteiger partial charge in [0.1, 0.15) is 5.60 Å². The number of amides is 1. The van der Waals surface area contributed by atoms with Crippen LogP contribution in [-0.4, -0.2) is 48.8 Å². The summed E-state index contributed by atoms with van der Waals surface area (Å²) in [6, 6.07) is 3.55. The second-order valence-electron chi connectivity index (χ2n) is 8.36. The van der Waals surface area contributed by atoms with Crippen molar-refractivity contribution in [1.29, 1.82) is 0 Å². The second kappa shape index (κ2) is 9.68. The maximum absolute atomic E-state index is 13.5. The van der Waals surface area contributed by atoms with Crippen LogP contribution in [0.25, 0.3) is 0 Å². The summed E-state index contributed by atoms with van der Waals surface area (Å²) in [5.74, 6) is -0.644. The number of alkyl halides is 3. The standard InChI is InChI=1S/C21H29F3N2O4/c1-5-29-18(27)15-6-7-16(17(10-15)21(22,23)24)13-26-9-8-14(12-26)11-25-19(28)30-20(2,3)4/h6-7,10,14H,5,8-9,11-13H2,1-4H3,(H,25,28). The fourth-order valence-corrected chi connectivity index (χ4v) is 3.33. The zero-order valence-corrected chi connectivity index (χ0v) is 17.8. The molecule has 1 aliphatic heterocycles. The molecule has 2 rings (SSSR count). The van der Waals surface area contributed by atoms with Crippen LogP contribution >= 0.6 is 0 Å². The highest BCUT2D eigenvalue weighted by atomic mass is 19.4. The van der Waals surface area contributed by atoms with E-state index in [-0.39, 0.29) is 30.2 Å². The average molecular weight is 430 g/mol. The fourth-order valence-electron chi connectivity index (χ4n) is 3.33. The number of esters is 1. The molecule has 30 heavy (non-hydrogen) atoms. The Morgan fingerprint density at radius 3 is 2.53 bits per heavy atom. The molecule has 1 fully saturated rings. The van der Waals surface area contributed by atoms with Gasteiger partial charge in [0.2, 0.25) is 0 Å². The van der Waals surface area contributed by atoms with Gasteiger partial charge in [-0.2, -0.15) is 13.2 Å². The quantitative estimate of drug-likeness (QED) is 0.684. The van der Waals surface area contributed by atoms with E-state index in [1.807, 2.05) is 4.90 Å². The number of halogens is 3. The SMILES string of the molecule is CCOC(=O)c1ccc(CN2CCC(CNC(=O)OC(C)(C)C)C2)c(C(F)(F)F)c1. The van der Waals surface area contributed by atoms with Gasteiger partial charge in [-0.1, -0.05) is 6.07 Å². The normalized spacial score (nSPS) is 17.6. The first kappa shape index (κ1) is 24.0. The number of hydrogen-bond acceptors (Lipinski definition) is 5. The van der Waals surface area contributed by atoms with Crippen molar-refractivity contribution >= 4 is 12.1 Å². The second-order valence-corrected chi connectivity index (χ2v) is 8.36. The first-order valence-electron chi connectivity index (χ1n) is 9.95. The summed E-state index contributed by atoms with van der Waals surface area (Å²) in [4.78, 5) is 25.5. The number of carbonyl (C=O) groups is 2. The number of rotatable bonds is 6. The van der Waals surface area contributed by atoms with E-state index in [1.54, 1.807) is 27.7 Å². The first-order chi connectivity index (χ1) is 13.9. The summed E-state index contributed by atoms with van der Waals surface area (Å²) < 4.78 is 50.6. The number of nitrogens with one attached hydrogen (secondary N) is 1. The Bertz CT molecular complexity index is 760. The van der Waals surface area contributed by atoms with Crippen molar-refractivity contribution < 1.29 is 32.2 Å². The maximum atomic E-state index is 13.5. The average Bonchev–Trinajstić information content (AvgIpc) is 3.05. The predicted octanol–water partition coefficient (Wildman–Crippen LogP) is 4.23. The van der Waals surface area contributed by atoms with Crippen molar-refractivity contribution in [2.45, 2.75) is 52.4 Å². The molecule has 168 valence electrons.